The molecule has 27 heavy (non-hydrogen) atoms. The molecule has 140 valence electrons. The summed E-state index contributed by atoms with van der Waals surface area (Å²) in [5, 5.41) is 1.21. The van der Waals surface area contributed by atoms with Crippen LogP contribution in [0.1, 0.15) is 35.3 Å². The molecule has 0 saturated carbocycles. The lowest BCUT2D eigenvalue weighted by Gasteiger charge is -2.31. The van der Waals surface area contributed by atoms with Crippen LogP contribution in [0.3, 0.4) is 0 Å². The van der Waals surface area contributed by atoms with Crippen molar-refractivity contribution in [1.82, 2.24) is 9.47 Å². The van der Waals surface area contributed by atoms with Crippen LogP contribution in [-0.2, 0) is 13.6 Å². The van der Waals surface area contributed by atoms with Crippen LogP contribution >= 0.6 is 0 Å². The molecule has 0 bridgehead atoms. The summed E-state index contributed by atoms with van der Waals surface area (Å²) < 4.78 is 2.18. The average molecular weight is 361 g/mol. The van der Waals surface area contributed by atoms with Gasteiger partial charge in [0.2, 0.25) is 0 Å². The highest BCUT2D eigenvalue weighted by Crippen LogP contribution is 2.26. The first-order valence-electron chi connectivity index (χ1n) is 9.78. The lowest BCUT2D eigenvalue weighted by Crippen LogP contribution is -2.33. The third-order valence-corrected chi connectivity index (χ3v) is 5.63. The van der Waals surface area contributed by atoms with Gasteiger partial charge in [0.05, 0.1) is 12.1 Å². The summed E-state index contributed by atoms with van der Waals surface area (Å²) in [6.45, 7) is 2.67. The maximum atomic E-state index is 13.2. The molecule has 3 aromatic rings. The Morgan fingerprint density at radius 1 is 1.00 bits per heavy atom. The standard InChI is InChI=1S/C23H27N3O/c1-24(17-19-16-18-10-4-6-12-21(18)25(19)2)23(27)20-11-5-7-13-22(20)26-14-8-3-9-15-26/h4-7,10-13,16H,3,8-9,14-15,17H2,1-2H3. The number of aryl methyl sites for hydroxylation is 1. The Morgan fingerprint density at radius 3 is 2.48 bits per heavy atom. The van der Waals surface area contributed by atoms with Crippen LogP contribution in [0.2, 0.25) is 0 Å². The molecule has 0 radical (unpaired) electrons. The first kappa shape index (κ1) is 17.7. The highest BCUT2D eigenvalue weighted by atomic mass is 16.2. The van der Waals surface area contributed by atoms with Gasteiger partial charge >= 0.3 is 0 Å². The summed E-state index contributed by atoms with van der Waals surface area (Å²) in [4.78, 5) is 17.4. The fourth-order valence-corrected chi connectivity index (χ4v) is 4.08. The number of rotatable bonds is 4. The van der Waals surface area contributed by atoms with Gasteiger partial charge < -0.3 is 14.4 Å². The molecular formula is C23H27N3O. The van der Waals surface area contributed by atoms with E-state index < -0.39 is 0 Å². The zero-order valence-electron chi connectivity index (χ0n) is 16.2. The molecule has 1 saturated heterocycles. The SMILES string of the molecule is CN(Cc1cc2ccccc2n1C)C(=O)c1ccccc1N1CCCCC1. The van der Waals surface area contributed by atoms with Crippen molar-refractivity contribution in [3.8, 4) is 0 Å². The summed E-state index contributed by atoms with van der Waals surface area (Å²) in [5.74, 6) is 0.0847. The predicted octanol–water partition coefficient (Wildman–Crippen LogP) is 4.44. The number of para-hydroxylation sites is 2. The number of amides is 1. The number of piperidine rings is 1. The molecular weight excluding hydrogens is 334 g/mol. The molecule has 0 spiro atoms. The monoisotopic (exact) mass is 361 g/mol. The van der Waals surface area contributed by atoms with E-state index in [1.807, 2.05) is 30.1 Å². The van der Waals surface area contributed by atoms with E-state index in [-0.39, 0.29) is 5.91 Å². The van der Waals surface area contributed by atoms with Gasteiger partial charge in [0.1, 0.15) is 0 Å². The van der Waals surface area contributed by atoms with Gasteiger partial charge in [-0.25, -0.2) is 0 Å². The zero-order valence-corrected chi connectivity index (χ0v) is 16.2. The Labute approximate surface area is 161 Å². The van der Waals surface area contributed by atoms with E-state index in [2.05, 4.69) is 52.9 Å². The predicted molar refractivity (Wildman–Crippen MR) is 111 cm³/mol. The van der Waals surface area contributed by atoms with Crippen molar-refractivity contribution in [3.63, 3.8) is 0 Å². The third kappa shape index (κ3) is 3.44. The smallest absolute Gasteiger partial charge is 0.256 e. The number of fused-ring (bicyclic) bond motifs is 1. The van der Waals surface area contributed by atoms with E-state index >= 15 is 0 Å². The second-order valence-corrected chi connectivity index (χ2v) is 7.48. The van der Waals surface area contributed by atoms with E-state index in [1.165, 1.54) is 30.2 Å². The van der Waals surface area contributed by atoms with Gasteiger partial charge in [0.25, 0.3) is 5.91 Å². The van der Waals surface area contributed by atoms with Gasteiger partial charge in [-0.15, -0.1) is 0 Å². The first-order valence-corrected chi connectivity index (χ1v) is 9.78. The summed E-state index contributed by atoms with van der Waals surface area (Å²) in [6, 6.07) is 18.6. The second kappa shape index (κ2) is 7.47. The molecule has 4 nitrogen and oxygen atoms in total. The van der Waals surface area contributed by atoms with Crippen LogP contribution in [0.25, 0.3) is 10.9 Å². The van der Waals surface area contributed by atoms with Crippen molar-refractivity contribution in [1.29, 1.82) is 0 Å². The van der Waals surface area contributed by atoms with Crippen molar-refractivity contribution in [2.75, 3.05) is 25.0 Å². The fourth-order valence-electron chi connectivity index (χ4n) is 4.08. The second-order valence-electron chi connectivity index (χ2n) is 7.48. The molecule has 0 atom stereocenters. The number of carbonyl (C=O) groups is 1. The molecule has 1 amide bonds. The van der Waals surface area contributed by atoms with E-state index in [9.17, 15) is 4.79 Å². The van der Waals surface area contributed by atoms with E-state index in [0.717, 1.165) is 30.0 Å². The van der Waals surface area contributed by atoms with Gasteiger partial charge in [-0.3, -0.25) is 4.79 Å². The maximum absolute atomic E-state index is 13.2. The van der Waals surface area contributed by atoms with Gasteiger partial charge in [-0.05, 0) is 48.9 Å². The van der Waals surface area contributed by atoms with E-state index in [1.54, 1.807) is 0 Å². The molecule has 2 aromatic carbocycles. The molecule has 1 fully saturated rings. The topological polar surface area (TPSA) is 28.5 Å². The summed E-state index contributed by atoms with van der Waals surface area (Å²) in [6.07, 6.45) is 3.69. The summed E-state index contributed by atoms with van der Waals surface area (Å²) in [5.41, 5.74) is 4.22. The van der Waals surface area contributed by atoms with Crippen LogP contribution in [-0.4, -0.2) is 35.5 Å². The molecule has 0 N–H and O–H groups in total. The van der Waals surface area contributed by atoms with E-state index in [0.29, 0.717) is 6.54 Å². The normalized spacial score (nSPS) is 14.5. The molecule has 1 aliphatic heterocycles. The largest absolute Gasteiger partial charge is 0.371 e. The highest BCUT2D eigenvalue weighted by Gasteiger charge is 2.21. The van der Waals surface area contributed by atoms with Crippen molar-refractivity contribution < 1.29 is 4.79 Å². The lowest BCUT2D eigenvalue weighted by molar-refractivity contribution is 0.0783. The Hall–Kier alpha value is -2.75. The average Bonchev–Trinajstić information content (AvgIpc) is 3.03. The third-order valence-electron chi connectivity index (χ3n) is 5.63. The minimum Gasteiger partial charge on any atom is -0.371 e. The van der Waals surface area contributed by atoms with E-state index in [4.69, 9.17) is 0 Å². The van der Waals surface area contributed by atoms with Crippen LogP contribution in [0, 0.1) is 0 Å². The molecule has 0 aliphatic carbocycles. The maximum Gasteiger partial charge on any atom is 0.256 e. The Kier molecular flexibility index (Phi) is 4.88. The van der Waals surface area contributed by atoms with Gasteiger partial charge in [0, 0.05) is 44.1 Å². The molecule has 1 aliphatic rings. The van der Waals surface area contributed by atoms with Gasteiger partial charge in [-0.1, -0.05) is 30.3 Å². The number of carbonyl (C=O) groups excluding carboxylic acids is 1. The Balaban J connectivity index is 1.58. The number of benzene rings is 2. The fraction of sp³-hybridized carbons (Fsp3) is 0.348. The Morgan fingerprint density at radius 2 is 1.70 bits per heavy atom. The summed E-state index contributed by atoms with van der Waals surface area (Å²) in [7, 11) is 3.96. The molecule has 2 heterocycles. The molecule has 1 aromatic heterocycles. The number of hydrogen-bond donors (Lipinski definition) is 0. The quantitative estimate of drug-likeness (QED) is 0.687. The number of anilines is 1. The van der Waals surface area contributed by atoms with Crippen molar-refractivity contribution in [2.45, 2.75) is 25.8 Å². The van der Waals surface area contributed by atoms with Crippen molar-refractivity contribution >= 4 is 22.5 Å². The van der Waals surface area contributed by atoms with Crippen LogP contribution in [0.5, 0.6) is 0 Å². The number of nitrogens with zero attached hydrogens (tertiary/aromatic N) is 3. The molecule has 4 rings (SSSR count). The number of hydrogen-bond acceptors (Lipinski definition) is 2. The van der Waals surface area contributed by atoms with Crippen molar-refractivity contribution in [3.05, 3.63) is 65.9 Å². The lowest BCUT2D eigenvalue weighted by atomic mass is 10.1. The minimum atomic E-state index is 0.0847. The highest BCUT2D eigenvalue weighted by molar-refractivity contribution is 5.99. The molecule has 4 heteroatoms. The zero-order chi connectivity index (χ0) is 18.8. The first-order chi connectivity index (χ1) is 13.1. The minimum absolute atomic E-state index is 0.0847. The van der Waals surface area contributed by atoms with Crippen LogP contribution in [0.4, 0.5) is 5.69 Å². The Bertz CT molecular complexity index is 953. The molecule has 0 unspecified atom stereocenters. The summed E-state index contributed by atoms with van der Waals surface area (Å²) >= 11 is 0. The van der Waals surface area contributed by atoms with Gasteiger partial charge in [-0.2, -0.15) is 0 Å². The van der Waals surface area contributed by atoms with Crippen LogP contribution in [0.15, 0.2) is 54.6 Å². The van der Waals surface area contributed by atoms with Crippen molar-refractivity contribution in [2.24, 2.45) is 7.05 Å². The number of aromatic nitrogens is 1. The van der Waals surface area contributed by atoms with Crippen LogP contribution < -0.4 is 4.90 Å². The van der Waals surface area contributed by atoms with Gasteiger partial charge in [0.15, 0.2) is 0 Å².